The van der Waals surface area contributed by atoms with Gasteiger partial charge in [-0.2, -0.15) is 0 Å². The van der Waals surface area contributed by atoms with E-state index in [4.69, 9.17) is 11.6 Å². The maximum Gasteiger partial charge on any atom is 0.248 e. The molecule has 3 amide bonds. The highest BCUT2D eigenvalue weighted by Gasteiger charge is 2.62. The average molecular weight is 437 g/mol. The smallest absolute Gasteiger partial charge is 0.248 e. The maximum atomic E-state index is 13.5. The summed E-state index contributed by atoms with van der Waals surface area (Å²) in [6, 6.07) is 14.0. The first-order chi connectivity index (χ1) is 15.0. The van der Waals surface area contributed by atoms with Gasteiger partial charge in [0.1, 0.15) is 6.04 Å². The summed E-state index contributed by atoms with van der Waals surface area (Å²) >= 11 is 6.21. The number of hydrogen-bond donors (Lipinski definition) is 1. The van der Waals surface area contributed by atoms with Gasteiger partial charge >= 0.3 is 0 Å². The van der Waals surface area contributed by atoms with Crippen LogP contribution in [0, 0.1) is 30.6 Å². The van der Waals surface area contributed by atoms with Gasteiger partial charge in [-0.05, 0) is 61.3 Å². The van der Waals surface area contributed by atoms with Crippen LogP contribution >= 0.6 is 11.6 Å². The standard InChI is InChI=1S/C25H25ClN2O3/c1-14-18(26)8-5-9-19(14)27-23(29)20(12-15-6-3-2-4-7-15)28-24(30)21-16-10-11-17(13-16)22(21)25(28)31/h2-9,16-17,20-22H,10-13H2,1H3,(H,27,29)/t16-,17+,20-,21-,22+/m1/s1. The third kappa shape index (κ3) is 3.35. The van der Waals surface area contributed by atoms with E-state index in [0.29, 0.717) is 17.1 Å². The maximum absolute atomic E-state index is 13.5. The van der Waals surface area contributed by atoms with E-state index < -0.39 is 6.04 Å². The van der Waals surface area contributed by atoms with E-state index >= 15 is 0 Å². The fraction of sp³-hybridized carbons (Fsp3) is 0.400. The zero-order chi connectivity index (χ0) is 21.7. The van der Waals surface area contributed by atoms with Gasteiger partial charge in [-0.1, -0.05) is 48.0 Å². The Kier molecular flexibility index (Phi) is 5.09. The minimum atomic E-state index is -0.884. The Morgan fingerprint density at radius 3 is 2.32 bits per heavy atom. The molecule has 3 aliphatic rings. The van der Waals surface area contributed by atoms with Crippen molar-refractivity contribution >= 4 is 35.0 Å². The molecule has 1 N–H and O–H groups in total. The molecule has 1 heterocycles. The topological polar surface area (TPSA) is 66.5 Å². The predicted octanol–water partition coefficient (Wildman–Crippen LogP) is 4.23. The second-order valence-corrected chi connectivity index (χ2v) is 9.45. The van der Waals surface area contributed by atoms with E-state index in [2.05, 4.69) is 5.32 Å². The summed E-state index contributed by atoms with van der Waals surface area (Å²) in [5.74, 6) is -0.611. The normalized spacial score (nSPS) is 27.5. The van der Waals surface area contributed by atoms with Crippen LogP contribution in [0.3, 0.4) is 0 Å². The molecular weight excluding hydrogens is 412 g/mol. The highest BCUT2D eigenvalue weighted by molar-refractivity contribution is 6.31. The third-order valence-corrected chi connectivity index (χ3v) is 7.78. The summed E-state index contributed by atoms with van der Waals surface area (Å²) < 4.78 is 0. The number of imide groups is 1. The molecule has 2 aromatic rings. The van der Waals surface area contributed by atoms with Crippen molar-refractivity contribution < 1.29 is 14.4 Å². The number of fused-ring (bicyclic) bond motifs is 5. The second-order valence-electron chi connectivity index (χ2n) is 9.04. The zero-order valence-electron chi connectivity index (χ0n) is 17.4. The van der Waals surface area contributed by atoms with Crippen molar-refractivity contribution in [1.82, 2.24) is 4.90 Å². The molecule has 1 aliphatic heterocycles. The van der Waals surface area contributed by atoms with Crippen molar-refractivity contribution in [2.75, 3.05) is 5.32 Å². The monoisotopic (exact) mass is 436 g/mol. The van der Waals surface area contributed by atoms with Crippen LogP contribution in [0.15, 0.2) is 48.5 Å². The van der Waals surface area contributed by atoms with Crippen molar-refractivity contribution in [2.45, 2.75) is 38.6 Å². The molecule has 160 valence electrons. The van der Waals surface area contributed by atoms with Gasteiger partial charge in [0.15, 0.2) is 0 Å². The average Bonchev–Trinajstić information content (AvgIpc) is 3.45. The summed E-state index contributed by atoms with van der Waals surface area (Å²) in [5, 5.41) is 3.48. The number of carbonyl (C=O) groups is 3. The Morgan fingerprint density at radius 1 is 1.03 bits per heavy atom. The van der Waals surface area contributed by atoms with Gasteiger partial charge < -0.3 is 5.32 Å². The lowest BCUT2D eigenvalue weighted by molar-refractivity contribution is -0.147. The van der Waals surface area contributed by atoms with Crippen LogP contribution in [0.5, 0.6) is 0 Å². The molecule has 0 aromatic heterocycles. The number of amides is 3. The number of rotatable bonds is 5. The Hall–Kier alpha value is -2.66. The molecule has 0 radical (unpaired) electrons. The minimum Gasteiger partial charge on any atom is -0.324 e. The highest BCUT2D eigenvalue weighted by atomic mass is 35.5. The van der Waals surface area contributed by atoms with Gasteiger partial charge in [0.2, 0.25) is 17.7 Å². The lowest BCUT2D eigenvalue weighted by Crippen LogP contribution is -2.49. The van der Waals surface area contributed by atoms with Crippen LogP contribution in [-0.4, -0.2) is 28.7 Å². The first kappa shape index (κ1) is 20.3. The number of carbonyl (C=O) groups excluding carboxylic acids is 3. The van der Waals surface area contributed by atoms with Crippen molar-refractivity contribution in [3.63, 3.8) is 0 Å². The van der Waals surface area contributed by atoms with E-state index in [9.17, 15) is 14.4 Å². The lowest BCUT2D eigenvalue weighted by Gasteiger charge is -2.27. The number of hydrogen-bond acceptors (Lipinski definition) is 3. The number of benzene rings is 2. The van der Waals surface area contributed by atoms with Gasteiger partial charge in [0.25, 0.3) is 0 Å². The molecular formula is C25H25ClN2O3. The molecule has 2 aromatic carbocycles. The number of nitrogens with zero attached hydrogens (tertiary/aromatic N) is 1. The predicted molar refractivity (Wildman–Crippen MR) is 118 cm³/mol. The van der Waals surface area contributed by atoms with Crippen LogP contribution in [-0.2, 0) is 20.8 Å². The lowest BCUT2D eigenvalue weighted by atomic mass is 9.81. The summed E-state index contributed by atoms with van der Waals surface area (Å²) in [4.78, 5) is 41.5. The molecule has 0 unspecified atom stereocenters. The number of halogens is 1. The van der Waals surface area contributed by atoms with E-state index in [-0.39, 0.29) is 41.4 Å². The van der Waals surface area contributed by atoms with Gasteiger partial charge in [0, 0.05) is 17.1 Å². The van der Waals surface area contributed by atoms with Crippen LogP contribution in [0.1, 0.15) is 30.4 Å². The summed E-state index contributed by atoms with van der Waals surface area (Å²) in [5.41, 5.74) is 2.26. The molecule has 0 spiro atoms. The molecule has 5 nitrogen and oxygen atoms in total. The molecule has 2 bridgehead atoms. The first-order valence-corrected chi connectivity index (χ1v) is 11.3. The second kappa shape index (κ2) is 7.79. The largest absolute Gasteiger partial charge is 0.324 e. The minimum absolute atomic E-state index is 0.166. The van der Waals surface area contributed by atoms with E-state index in [1.807, 2.05) is 37.3 Å². The molecule has 5 rings (SSSR count). The Bertz CT molecular complexity index is 1030. The van der Waals surface area contributed by atoms with Crippen molar-refractivity contribution in [1.29, 1.82) is 0 Å². The molecule has 5 atom stereocenters. The van der Waals surface area contributed by atoms with Gasteiger partial charge in [-0.15, -0.1) is 0 Å². The van der Waals surface area contributed by atoms with Crippen LogP contribution in [0.25, 0.3) is 0 Å². The van der Waals surface area contributed by atoms with E-state index in [0.717, 1.165) is 30.4 Å². The Balaban J connectivity index is 1.47. The fourth-order valence-corrected chi connectivity index (χ4v) is 6.01. The van der Waals surface area contributed by atoms with E-state index in [1.165, 1.54) is 4.90 Å². The molecule has 1 saturated heterocycles. The fourth-order valence-electron chi connectivity index (χ4n) is 5.84. The highest BCUT2D eigenvalue weighted by Crippen LogP contribution is 2.56. The molecule has 31 heavy (non-hydrogen) atoms. The Morgan fingerprint density at radius 2 is 1.68 bits per heavy atom. The van der Waals surface area contributed by atoms with Crippen LogP contribution < -0.4 is 5.32 Å². The number of nitrogens with one attached hydrogen (secondary N) is 1. The van der Waals surface area contributed by atoms with Gasteiger partial charge in [-0.25, -0.2) is 0 Å². The first-order valence-electron chi connectivity index (χ1n) is 10.9. The molecule has 2 saturated carbocycles. The third-order valence-electron chi connectivity index (χ3n) is 7.37. The van der Waals surface area contributed by atoms with Gasteiger partial charge in [0.05, 0.1) is 11.8 Å². The number of likely N-dealkylation sites (tertiary alicyclic amines) is 1. The van der Waals surface area contributed by atoms with E-state index in [1.54, 1.807) is 18.2 Å². The summed E-state index contributed by atoms with van der Waals surface area (Å²) in [7, 11) is 0. The van der Waals surface area contributed by atoms with Crippen molar-refractivity contribution in [3.8, 4) is 0 Å². The summed E-state index contributed by atoms with van der Waals surface area (Å²) in [6.07, 6.45) is 3.28. The van der Waals surface area contributed by atoms with Crippen LogP contribution in [0.2, 0.25) is 5.02 Å². The van der Waals surface area contributed by atoms with Crippen molar-refractivity contribution in [2.24, 2.45) is 23.7 Å². The van der Waals surface area contributed by atoms with Crippen LogP contribution in [0.4, 0.5) is 5.69 Å². The Labute approximate surface area is 186 Å². The molecule has 6 heteroatoms. The SMILES string of the molecule is Cc1c(Cl)cccc1NC(=O)[C@@H](Cc1ccccc1)N1C(=O)[C@@H]2[C@@H]3CC[C@@H](C3)[C@@H]2C1=O. The zero-order valence-corrected chi connectivity index (χ0v) is 18.1. The summed E-state index contributed by atoms with van der Waals surface area (Å²) in [6.45, 7) is 1.83. The quantitative estimate of drug-likeness (QED) is 0.713. The number of anilines is 1. The molecule has 3 fully saturated rings. The van der Waals surface area contributed by atoms with Crippen molar-refractivity contribution in [3.05, 3.63) is 64.7 Å². The molecule has 2 aliphatic carbocycles. The van der Waals surface area contributed by atoms with Gasteiger partial charge in [-0.3, -0.25) is 19.3 Å².